The monoisotopic (exact) mass is 634 g/mol. The zero-order chi connectivity index (χ0) is 28.2. The molecule has 1 aromatic heterocycles. The Kier molecular flexibility index (Phi) is 9.74. The van der Waals surface area contributed by atoms with Crippen LogP contribution in [0.3, 0.4) is 0 Å². The van der Waals surface area contributed by atoms with E-state index in [9.17, 15) is 26.4 Å². The first kappa shape index (κ1) is 30.0. The second-order valence-electron chi connectivity index (χ2n) is 9.25. The summed E-state index contributed by atoms with van der Waals surface area (Å²) in [5.41, 5.74) is 0. The van der Waals surface area contributed by atoms with E-state index < -0.39 is 32.0 Å². The third-order valence-corrected chi connectivity index (χ3v) is 10.5. The molecule has 0 spiro atoms. The Morgan fingerprint density at radius 1 is 1.03 bits per heavy atom. The number of halogens is 2. The Morgan fingerprint density at radius 3 is 2.44 bits per heavy atom. The number of hydrogen-bond donors (Lipinski definition) is 2. The van der Waals surface area contributed by atoms with Crippen molar-refractivity contribution in [1.29, 1.82) is 0 Å². The van der Waals surface area contributed by atoms with Crippen LogP contribution in [-0.2, 0) is 29.6 Å². The average Bonchev–Trinajstić information content (AvgIpc) is 3.53. The Balaban J connectivity index is 1.33. The smallest absolute Gasteiger partial charge is 0.242 e. The number of nitrogens with one attached hydrogen (secondary N) is 2. The van der Waals surface area contributed by atoms with Crippen molar-refractivity contribution in [3.63, 3.8) is 0 Å². The van der Waals surface area contributed by atoms with Crippen LogP contribution in [0.4, 0.5) is 0 Å². The van der Waals surface area contributed by atoms with Gasteiger partial charge in [-0.2, -0.15) is 4.72 Å². The van der Waals surface area contributed by atoms with E-state index in [0.717, 1.165) is 5.41 Å². The molecule has 0 unspecified atom stereocenters. The standard InChI is InChI=1S/C24H28Cl2N4O6S3/c25-17-5-8-20(9-6-17)39(35,36)27-15-18-3-1-13-30(18)23(31)16-29-12-2-4-21(24(29)32)28-38(33,34)14-11-19-7-10-22(26)37-19/h5-11,14,18,21,27-28H,1-4,12-13,15-16H2/b14-11+/t18-,21+/m1/s1. The van der Waals surface area contributed by atoms with Gasteiger partial charge in [-0.1, -0.05) is 23.2 Å². The number of nitrogens with zero attached hydrogens (tertiary/aromatic N) is 2. The highest BCUT2D eigenvalue weighted by Crippen LogP contribution is 2.23. The summed E-state index contributed by atoms with van der Waals surface area (Å²) in [5, 5.41) is 1.41. The molecule has 39 heavy (non-hydrogen) atoms. The van der Waals surface area contributed by atoms with E-state index in [-0.39, 0.29) is 29.9 Å². The molecule has 0 aliphatic carbocycles. The number of benzene rings is 1. The maximum absolute atomic E-state index is 13.1. The molecule has 1 aromatic carbocycles. The first-order chi connectivity index (χ1) is 18.4. The molecular weight excluding hydrogens is 607 g/mol. The molecule has 2 atom stereocenters. The second kappa shape index (κ2) is 12.7. The molecular formula is C24H28Cl2N4O6S3. The predicted molar refractivity (Wildman–Crippen MR) is 151 cm³/mol. The van der Waals surface area contributed by atoms with E-state index in [1.165, 1.54) is 46.6 Å². The van der Waals surface area contributed by atoms with Gasteiger partial charge in [0.05, 0.1) is 15.8 Å². The van der Waals surface area contributed by atoms with Gasteiger partial charge in [0.2, 0.25) is 31.9 Å². The SMILES string of the molecule is O=C1[C@@H](NS(=O)(=O)/C=C/c2ccc(Cl)s2)CCCN1CC(=O)N1CCC[C@@H]1CNS(=O)(=O)c1ccc(Cl)cc1. The molecule has 0 bridgehead atoms. The van der Waals surface area contributed by atoms with Gasteiger partial charge in [0.25, 0.3) is 0 Å². The van der Waals surface area contributed by atoms with E-state index >= 15 is 0 Å². The molecule has 2 N–H and O–H groups in total. The van der Waals surface area contributed by atoms with Gasteiger partial charge in [-0.25, -0.2) is 21.6 Å². The van der Waals surface area contributed by atoms with Crippen molar-refractivity contribution in [1.82, 2.24) is 19.2 Å². The lowest BCUT2D eigenvalue weighted by atomic mass is 10.1. The summed E-state index contributed by atoms with van der Waals surface area (Å²) < 4.78 is 55.9. The van der Waals surface area contributed by atoms with Crippen molar-refractivity contribution in [2.24, 2.45) is 0 Å². The minimum atomic E-state index is -3.91. The summed E-state index contributed by atoms with van der Waals surface area (Å²) >= 11 is 12.9. The van der Waals surface area contributed by atoms with Gasteiger partial charge in [0.15, 0.2) is 0 Å². The molecule has 3 heterocycles. The van der Waals surface area contributed by atoms with Crippen LogP contribution >= 0.6 is 34.5 Å². The Morgan fingerprint density at radius 2 is 1.74 bits per heavy atom. The highest BCUT2D eigenvalue weighted by Gasteiger charge is 2.35. The van der Waals surface area contributed by atoms with E-state index in [0.29, 0.717) is 53.0 Å². The van der Waals surface area contributed by atoms with Crippen LogP contribution in [0, 0.1) is 0 Å². The summed E-state index contributed by atoms with van der Waals surface area (Å²) in [4.78, 5) is 29.8. The molecule has 0 radical (unpaired) electrons. The zero-order valence-corrected chi connectivity index (χ0v) is 24.7. The Labute approximate surface area is 242 Å². The van der Waals surface area contributed by atoms with Gasteiger partial charge < -0.3 is 9.80 Å². The molecule has 15 heteroatoms. The quantitative estimate of drug-likeness (QED) is 0.413. The third-order valence-electron chi connectivity index (χ3n) is 6.50. The predicted octanol–water partition coefficient (Wildman–Crippen LogP) is 2.91. The van der Waals surface area contributed by atoms with Gasteiger partial charge in [-0.3, -0.25) is 9.59 Å². The van der Waals surface area contributed by atoms with Crippen LogP contribution in [0.15, 0.2) is 46.7 Å². The Bertz CT molecular complexity index is 1440. The molecule has 212 valence electrons. The van der Waals surface area contributed by atoms with E-state index in [2.05, 4.69) is 9.44 Å². The van der Waals surface area contributed by atoms with Crippen molar-refractivity contribution in [3.05, 3.63) is 56.0 Å². The number of carbonyl (C=O) groups is 2. The van der Waals surface area contributed by atoms with Crippen LogP contribution in [-0.4, -0.2) is 76.7 Å². The largest absolute Gasteiger partial charge is 0.337 e. The van der Waals surface area contributed by atoms with Crippen LogP contribution < -0.4 is 9.44 Å². The number of rotatable bonds is 10. The van der Waals surface area contributed by atoms with Gasteiger partial charge in [0, 0.05) is 41.0 Å². The fourth-order valence-corrected chi connectivity index (χ4v) is 7.82. The number of thiophene rings is 1. The van der Waals surface area contributed by atoms with Crippen LogP contribution in [0.5, 0.6) is 0 Å². The first-order valence-electron chi connectivity index (χ1n) is 12.2. The molecule has 2 saturated heterocycles. The van der Waals surface area contributed by atoms with E-state index in [1.54, 1.807) is 17.0 Å². The van der Waals surface area contributed by atoms with Gasteiger partial charge in [-0.05, 0) is 68.2 Å². The summed E-state index contributed by atoms with van der Waals surface area (Å²) in [6.45, 7) is 0.603. The topological polar surface area (TPSA) is 133 Å². The maximum Gasteiger partial charge on any atom is 0.242 e. The van der Waals surface area contributed by atoms with E-state index in [1.807, 2.05) is 0 Å². The summed E-state index contributed by atoms with van der Waals surface area (Å²) in [6.07, 6.45) is 3.58. The molecule has 10 nitrogen and oxygen atoms in total. The lowest BCUT2D eigenvalue weighted by molar-refractivity contribution is -0.143. The van der Waals surface area contributed by atoms with E-state index in [4.69, 9.17) is 23.2 Å². The minimum absolute atomic E-state index is 0.0366. The number of likely N-dealkylation sites (tertiary alicyclic amines) is 2. The number of sulfonamides is 2. The summed E-state index contributed by atoms with van der Waals surface area (Å²) in [7, 11) is -7.69. The number of amides is 2. The lowest BCUT2D eigenvalue weighted by Crippen LogP contribution is -2.55. The second-order valence-corrected chi connectivity index (χ2v) is 14.8. The molecule has 2 aliphatic heterocycles. The van der Waals surface area contributed by atoms with Crippen LogP contribution in [0.25, 0.3) is 6.08 Å². The molecule has 2 aliphatic rings. The third kappa shape index (κ3) is 8.03. The summed E-state index contributed by atoms with van der Waals surface area (Å²) in [6, 6.07) is 7.79. The van der Waals surface area contributed by atoms with Gasteiger partial charge in [0.1, 0.15) is 6.04 Å². The van der Waals surface area contributed by atoms with Crippen LogP contribution in [0.1, 0.15) is 30.6 Å². The normalized spacial score (nSPS) is 20.7. The van der Waals surface area contributed by atoms with Crippen molar-refractivity contribution in [2.75, 3.05) is 26.2 Å². The minimum Gasteiger partial charge on any atom is -0.337 e. The molecule has 2 fully saturated rings. The maximum atomic E-state index is 13.1. The van der Waals surface area contributed by atoms with Crippen molar-refractivity contribution in [3.8, 4) is 0 Å². The van der Waals surface area contributed by atoms with Gasteiger partial charge in [-0.15, -0.1) is 11.3 Å². The Hall–Kier alpha value is -2.00. The average molecular weight is 636 g/mol. The van der Waals surface area contributed by atoms with Crippen molar-refractivity contribution < 1.29 is 26.4 Å². The highest BCUT2D eigenvalue weighted by molar-refractivity contribution is 7.92. The number of piperidine rings is 1. The van der Waals surface area contributed by atoms with Crippen molar-refractivity contribution >= 4 is 72.5 Å². The number of hydrogen-bond acceptors (Lipinski definition) is 7. The molecule has 2 aromatic rings. The molecule has 2 amide bonds. The fourth-order valence-electron chi connectivity index (χ4n) is 4.55. The van der Waals surface area contributed by atoms with Crippen LogP contribution in [0.2, 0.25) is 9.36 Å². The lowest BCUT2D eigenvalue weighted by Gasteiger charge is -2.34. The molecule has 0 saturated carbocycles. The zero-order valence-electron chi connectivity index (χ0n) is 20.8. The van der Waals surface area contributed by atoms with Crippen molar-refractivity contribution in [2.45, 2.75) is 42.7 Å². The summed E-state index contributed by atoms with van der Waals surface area (Å²) in [5.74, 6) is -0.778. The fraction of sp³-hybridized carbons (Fsp3) is 0.417. The molecule has 4 rings (SSSR count). The first-order valence-corrected chi connectivity index (χ1v) is 16.8. The van der Waals surface area contributed by atoms with Gasteiger partial charge >= 0.3 is 0 Å². The number of carbonyl (C=O) groups excluding carboxylic acids is 2. The highest BCUT2D eigenvalue weighted by atomic mass is 35.5.